The Kier molecular flexibility index (Phi) is 3.92. The van der Waals surface area contributed by atoms with Crippen molar-refractivity contribution in [2.24, 2.45) is 4.99 Å². The van der Waals surface area contributed by atoms with E-state index < -0.39 is 0 Å². The Hall–Kier alpha value is -1.06. The number of aliphatic imine (C=N–C) groups is 1. The van der Waals surface area contributed by atoms with E-state index in [-0.39, 0.29) is 18.0 Å². The number of amides is 1. The third-order valence-electron chi connectivity index (χ3n) is 2.08. The summed E-state index contributed by atoms with van der Waals surface area (Å²) in [7, 11) is 0. The summed E-state index contributed by atoms with van der Waals surface area (Å²) in [5.74, 6) is 1.01. The maximum atomic E-state index is 11.5. The number of amidine groups is 1. The minimum atomic E-state index is -0.186. The van der Waals surface area contributed by atoms with Crippen molar-refractivity contribution in [3.05, 3.63) is 0 Å². The summed E-state index contributed by atoms with van der Waals surface area (Å²) in [6.45, 7) is 6.66. The van der Waals surface area contributed by atoms with Gasteiger partial charge in [-0.05, 0) is 27.2 Å². The lowest BCUT2D eigenvalue weighted by Gasteiger charge is -2.16. The topological polar surface area (TPSA) is 53.5 Å². The van der Waals surface area contributed by atoms with Gasteiger partial charge in [0.05, 0.1) is 5.84 Å². The van der Waals surface area contributed by atoms with Crippen LogP contribution >= 0.6 is 0 Å². The molecule has 1 atom stereocenters. The highest BCUT2D eigenvalue weighted by molar-refractivity contribution is 5.90. The van der Waals surface area contributed by atoms with E-state index in [0.29, 0.717) is 0 Å². The summed E-state index contributed by atoms with van der Waals surface area (Å²) in [6.07, 6.45) is 2.07. The molecule has 14 heavy (non-hydrogen) atoms. The van der Waals surface area contributed by atoms with Crippen molar-refractivity contribution in [2.75, 3.05) is 6.54 Å². The molecule has 2 N–H and O–H groups in total. The van der Waals surface area contributed by atoms with Crippen LogP contribution in [0.1, 0.15) is 33.6 Å². The largest absolute Gasteiger partial charge is 0.362 e. The predicted molar refractivity (Wildman–Crippen MR) is 57.4 cm³/mol. The summed E-state index contributed by atoms with van der Waals surface area (Å²) < 4.78 is 0. The van der Waals surface area contributed by atoms with Gasteiger partial charge in [0, 0.05) is 19.0 Å². The first-order valence-corrected chi connectivity index (χ1v) is 5.20. The molecule has 0 aromatic rings. The molecule has 1 unspecified atom stereocenters. The number of hydrogen-bond donors (Lipinski definition) is 2. The quantitative estimate of drug-likeness (QED) is 0.699. The third-order valence-corrected chi connectivity index (χ3v) is 2.08. The zero-order valence-corrected chi connectivity index (χ0v) is 9.13. The zero-order chi connectivity index (χ0) is 10.6. The Labute approximate surface area is 85.2 Å². The molecule has 0 bridgehead atoms. The number of hydrogen-bond acceptors (Lipinski definition) is 3. The first-order chi connectivity index (χ1) is 6.59. The zero-order valence-electron chi connectivity index (χ0n) is 9.13. The lowest BCUT2D eigenvalue weighted by atomic mass is 10.2. The van der Waals surface area contributed by atoms with Crippen LogP contribution in [-0.4, -0.2) is 30.4 Å². The minimum absolute atomic E-state index is 0.0367. The summed E-state index contributed by atoms with van der Waals surface area (Å²) in [5.41, 5.74) is 0. The van der Waals surface area contributed by atoms with Gasteiger partial charge in [0.25, 0.3) is 0 Å². The van der Waals surface area contributed by atoms with Crippen molar-refractivity contribution >= 4 is 11.7 Å². The lowest BCUT2D eigenvalue weighted by Crippen LogP contribution is -2.46. The van der Waals surface area contributed by atoms with E-state index in [9.17, 15) is 4.79 Å². The van der Waals surface area contributed by atoms with Crippen molar-refractivity contribution in [3.8, 4) is 0 Å². The number of nitrogens with one attached hydrogen (secondary N) is 2. The van der Waals surface area contributed by atoms with E-state index in [4.69, 9.17) is 0 Å². The average Bonchev–Trinajstić information content (AvgIpc) is 2.55. The Balaban J connectivity index is 2.33. The van der Waals surface area contributed by atoms with Crippen LogP contribution in [0.2, 0.25) is 0 Å². The highest BCUT2D eigenvalue weighted by Gasteiger charge is 2.16. The van der Waals surface area contributed by atoms with Gasteiger partial charge < -0.3 is 10.6 Å². The minimum Gasteiger partial charge on any atom is -0.362 e. The smallest absolute Gasteiger partial charge is 0.242 e. The van der Waals surface area contributed by atoms with E-state index in [1.807, 2.05) is 20.8 Å². The van der Waals surface area contributed by atoms with Gasteiger partial charge >= 0.3 is 0 Å². The molecule has 0 saturated carbocycles. The molecule has 0 aromatic carbocycles. The Morgan fingerprint density at radius 3 is 2.64 bits per heavy atom. The molecule has 0 aliphatic carbocycles. The molecule has 1 aliphatic rings. The van der Waals surface area contributed by atoms with Gasteiger partial charge in [-0.2, -0.15) is 0 Å². The SMILES string of the molecule is CC(C)NC(=O)C(C)NC1=NCCC1. The highest BCUT2D eigenvalue weighted by atomic mass is 16.2. The molecular weight excluding hydrogens is 178 g/mol. The molecule has 80 valence electrons. The Morgan fingerprint density at radius 2 is 2.14 bits per heavy atom. The van der Waals surface area contributed by atoms with Crippen LogP contribution in [0.15, 0.2) is 4.99 Å². The second-order valence-corrected chi connectivity index (χ2v) is 3.96. The second kappa shape index (κ2) is 4.98. The lowest BCUT2D eigenvalue weighted by molar-refractivity contribution is -0.122. The molecule has 4 nitrogen and oxygen atoms in total. The van der Waals surface area contributed by atoms with Crippen LogP contribution in [0.25, 0.3) is 0 Å². The van der Waals surface area contributed by atoms with Crippen molar-refractivity contribution in [3.63, 3.8) is 0 Å². The fraction of sp³-hybridized carbons (Fsp3) is 0.800. The van der Waals surface area contributed by atoms with E-state index in [1.165, 1.54) is 0 Å². The van der Waals surface area contributed by atoms with Gasteiger partial charge in [-0.15, -0.1) is 0 Å². The van der Waals surface area contributed by atoms with Crippen molar-refractivity contribution < 1.29 is 4.79 Å². The molecule has 0 saturated heterocycles. The summed E-state index contributed by atoms with van der Waals surface area (Å²) in [4.78, 5) is 15.8. The first-order valence-electron chi connectivity index (χ1n) is 5.20. The first kappa shape index (κ1) is 11.0. The fourth-order valence-corrected chi connectivity index (χ4v) is 1.38. The molecule has 4 heteroatoms. The Bertz CT molecular complexity index is 236. The van der Waals surface area contributed by atoms with Crippen molar-refractivity contribution in [1.29, 1.82) is 0 Å². The molecule has 1 aliphatic heterocycles. The van der Waals surface area contributed by atoms with Gasteiger partial charge in [0.15, 0.2) is 0 Å². The van der Waals surface area contributed by atoms with Crippen LogP contribution in [0.5, 0.6) is 0 Å². The van der Waals surface area contributed by atoms with Gasteiger partial charge in [0.1, 0.15) is 6.04 Å². The molecular formula is C10H19N3O. The van der Waals surface area contributed by atoms with Gasteiger partial charge in [-0.3, -0.25) is 9.79 Å². The van der Waals surface area contributed by atoms with Crippen LogP contribution in [0.3, 0.4) is 0 Å². The number of nitrogens with zero attached hydrogens (tertiary/aromatic N) is 1. The van der Waals surface area contributed by atoms with Crippen LogP contribution in [0, 0.1) is 0 Å². The molecule has 0 radical (unpaired) electrons. The van der Waals surface area contributed by atoms with Crippen LogP contribution in [-0.2, 0) is 4.79 Å². The molecule has 1 heterocycles. The van der Waals surface area contributed by atoms with Gasteiger partial charge in [-0.25, -0.2) is 0 Å². The second-order valence-electron chi connectivity index (χ2n) is 3.96. The van der Waals surface area contributed by atoms with Crippen molar-refractivity contribution in [1.82, 2.24) is 10.6 Å². The normalized spacial score (nSPS) is 17.9. The molecule has 0 fully saturated rings. The Morgan fingerprint density at radius 1 is 1.43 bits per heavy atom. The summed E-state index contributed by atoms with van der Waals surface area (Å²) >= 11 is 0. The molecule has 1 amide bonds. The van der Waals surface area contributed by atoms with E-state index in [1.54, 1.807) is 0 Å². The fourth-order valence-electron chi connectivity index (χ4n) is 1.38. The third kappa shape index (κ3) is 3.36. The number of carbonyl (C=O) groups excluding carboxylic acids is 1. The van der Waals surface area contributed by atoms with E-state index in [2.05, 4.69) is 15.6 Å². The highest BCUT2D eigenvalue weighted by Crippen LogP contribution is 2.02. The predicted octanol–water partition coefficient (Wildman–Crippen LogP) is 0.681. The standard InChI is InChI=1S/C10H19N3O/c1-7(2)12-10(14)8(3)13-9-5-4-6-11-9/h7-8H,4-6H2,1-3H3,(H,11,13)(H,12,14). The summed E-state index contributed by atoms with van der Waals surface area (Å²) in [5, 5.41) is 5.98. The number of rotatable bonds is 3. The maximum absolute atomic E-state index is 11.5. The number of carbonyl (C=O) groups is 1. The van der Waals surface area contributed by atoms with Crippen molar-refractivity contribution in [2.45, 2.75) is 45.7 Å². The maximum Gasteiger partial charge on any atom is 0.242 e. The van der Waals surface area contributed by atoms with Crippen LogP contribution < -0.4 is 10.6 Å². The summed E-state index contributed by atoms with van der Waals surface area (Å²) in [6, 6.07) is 0.00603. The van der Waals surface area contributed by atoms with E-state index in [0.717, 1.165) is 25.2 Å². The molecule has 1 rings (SSSR count). The molecule has 0 aromatic heterocycles. The molecule has 0 spiro atoms. The van der Waals surface area contributed by atoms with E-state index >= 15 is 0 Å². The average molecular weight is 197 g/mol. The van der Waals surface area contributed by atoms with Gasteiger partial charge in [0.2, 0.25) is 5.91 Å². The monoisotopic (exact) mass is 197 g/mol. The van der Waals surface area contributed by atoms with Crippen LogP contribution in [0.4, 0.5) is 0 Å². The van der Waals surface area contributed by atoms with Gasteiger partial charge in [-0.1, -0.05) is 0 Å².